The fourth-order valence-electron chi connectivity index (χ4n) is 2.91. The second kappa shape index (κ2) is 13.2. The van der Waals surface area contributed by atoms with Gasteiger partial charge in [-0.15, -0.1) is 24.8 Å². The van der Waals surface area contributed by atoms with Crippen molar-refractivity contribution < 1.29 is 14.6 Å². The van der Waals surface area contributed by atoms with Crippen molar-refractivity contribution in [3.05, 3.63) is 53.3 Å². The van der Waals surface area contributed by atoms with E-state index in [1.807, 2.05) is 49.4 Å². The van der Waals surface area contributed by atoms with E-state index in [2.05, 4.69) is 20.6 Å². The fraction of sp³-hybridized carbons (Fsp3) is 0.286. The highest BCUT2D eigenvalue weighted by Gasteiger charge is 2.17. The summed E-state index contributed by atoms with van der Waals surface area (Å²) in [5, 5.41) is 18.1. The SMILES string of the molecule is C[C@H](CNC(=O)c1nc(Cl)c(N)nc1N)NC[C@@H](O)COc1cccc2ccccc12.Cl.Cl. The van der Waals surface area contributed by atoms with Gasteiger partial charge in [0.25, 0.3) is 5.91 Å². The van der Waals surface area contributed by atoms with E-state index >= 15 is 0 Å². The molecule has 3 aromatic rings. The standard InChI is InChI=1S/C21H25ClN6O3.2ClH/c1-12(9-26-21(30)17-19(23)28-20(24)18(22)27-17)25-10-14(29)11-31-16-8-4-6-13-5-2-3-7-15(13)16;;/h2-8,12,14,25,29H,9-11H2,1H3,(H,26,30)(H4,23,24,28);2*1H/t12-,14-;;/m1../s1. The van der Waals surface area contributed by atoms with Gasteiger partial charge < -0.3 is 31.9 Å². The first-order chi connectivity index (χ1) is 14.8. The Labute approximate surface area is 209 Å². The zero-order chi connectivity index (χ0) is 22.4. The highest BCUT2D eigenvalue weighted by atomic mass is 35.5. The van der Waals surface area contributed by atoms with Crippen molar-refractivity contribution in [2.75, 3.05) is 31.2 Å². The Hall–Kier alpha value is -2.56. The van der Waals surface area contributed by atoms with E-state index in [1.54, 1.807) is 0 Å². The van der Waals surface area contributed by atoms with Crippen LogP contribution in [0.3, 0.4) is 0 Å². The molecule has 0 aliphatic rings. The van der Waals surface area contributed by atoms with Gasteiger partial charge in [0.15, 0.2) is 22.5 Å². The van der Waals surface area contributed by atoms with Gasteiger partial charge in [-0.25, -0.2) is 9.97 Å². The number of aliphatic hydroxyl groups excluding tert-OH is 1. The minimum absolute atomic E-state index is 0. The molecule has 0 radical (unpaired) electrons. The van der Waals surface area contributed by atoms with Gasteiger partial charge in [0.05, 0.1) is 0 Å². The molecule has 7 N–H and O–H groups in total. The molecule has 12 heteroatoms. The van der Waals surface area contributed by atoms with Gasteiger partial charge in [-0.2, -0.15) is 0 Å². The maximum atomic E-state index is 12.2. The van der Waals surface area contributed by atoms with E-state index in [-0.39, 0.29) is 73.0 Å². The third-order valence-corrected chi connectivity index (χ3v) is 4.85. The monoisotopic (exact) mass is 516 g/mol. The quantitative estimate of drug-likeness (QED) is 0.291. The number of hydrogen-bond donors (Lipinski definition) is 5. The van der Waals surface area contributed by atoms with Crippen LogP contribution >= 0.6 is 36.4 Å². The van der Waals surface area contributed by atoms with Crippen LogP contribution in [0.2, 0.25) is 5.15 Å². The maximum absolute atomic E-state index is 12.2. The van der Waals surface area contributed by atoms with Gasteiger partial charge >= 0.3 is 0 Å². The lowest BCUT2D eigenvalue weighted by molar-refractivity contribution is 0.0938. The summed E-state index contributed by atoms with van der Waals surface area (Å²) in [6.07, 6.45) is -0.727. The number of nitrogens with one attached hydrogen (secondary N) is 2. The smallest absolute Gasteiger partial charge is 0.273 e. The van der Waals surface area contributed by atoms with Crippen molar-refractivity contribution in [2.45, 2.75) is 19.1 Å². The third kappa shape index (κ3) is 7.76. The molecule has 2 atom stereocenters. The van der Waals surface area contributed by atoms with Crippen molar-refractivity contribution in [1.82, 2.24) is 20.6 Å². The Kier molecular flexibility index (Phi) is 11.4. The summed E-state index contributed by atoms with van der Waals surface area (Å²) in [5.74, 6) is 0.0742. The van der Waals surface area contributed by atoms with Gasteiger partial charge in [0.2, 0.25) is 0 Å². The van der Waals surface area contributed by atoms with E-state index in [9.17, 15) is 9.90 Å². The van der Waals surface area contributed by atoms with Gasteiger partial charge in [0, 0.05) is 24.5 Å². The van der Waals surface area contributed by atoms with Crippen LogP contribution < -0.4 is 26.8 Å². The molecule has 2 aromatic carbocycles. The largest absolute Gasteiger partial charge is 0.490 e. The second-order valence-corrected chi connectivity index (χ2v) is 7.45. The van der Waals surface area contributed by atoms with E-state index in [0.717, 1.165) is 16.5 Å². The lowest BCUT2D eigenvalue weighted by Crippen LogP contribution is -2.43. The zero-order valence-electron chi connectivity index (χ0n) is 17.8. The van der Waals surface area contributed by atoms with Crippen LogP contribution in [0.5, 0.6) is 5.75 Å². The summed E-state index contributed by atoms with van der Waals surface area (Å²) in [5.41, 5.74) is 11.1. The number of nitrogens with zero attached hydrogens (tertiary/aromatic N) is 2. The molecule has 0 saturated carbocycles. The Morgan fingerprint density at radius 3 is 2.55 bits per heavy atom. The Morgan fingerprint density at radius 2 is 1.79 bits per heavy atom. The molecule has 0 spiro atoms. The lowest BCUT2D eigenvalue weighted by atomic mass is 10.1. The average molecular weight is 518 g/mol. The van der Waals surface area contributed by atoms with Gasteiger partial charge in [-0.05, 0) is 18.4 Å². The molecule has 0 fully saturated rings. The average Bonchev–Trinajstić information content (AvgIpc) is 2.77. The number of benzene rings is 2. The Morgan fingerprint density at radius 1 is 1.09 bits per heavy atom. The number of nitrogens with two attached hydrogens (primary N) is 2. The molecule has 1 amide bonds. The maximum Gasteiger partial charge on any atom is 0.273 e. The van der Waals surface area contributed by atoms with Crippen molar-refractivity contribution >= 4 is 64.7 Å². The summed E-state index contributed by atoms with van der Waals surface area (Å²) in [6.45, 7) is 2.57. The highest BCUT2D eigenvalue weighted by molar-refractivity contribution is 6.31. The number of anilines is 2. The first-order valence-corrected chi connectivity index (χ1v) is 10.1. The Balaban J connectivity index is 0.00000272. The minimum atomic E-state index is -0.727. The van der Waals surface area contributed by atoms with Crippen LogP contribution in [0.15, 0.2) is 42.5 Å². The van der Waals surface area contributed by atoms with Crippen LogP contribution in [0.1, 0.15) is 17.4 Å². The number of halogens is 3. The molecule has 0 aliphatic heterocycles. The molecule has 0 bridgehead atoms. The van der Waals surface area contributed by atoms with Crippen LogP contribution in [0.25, 0.3) is 10.8 Å². The van der Waals surface area contributed by atoms with Crippen LogP contribution in [-0.2, 0) is 0 Å². The lowest BCUT2D eigenvalue weighted by Gasteiger charge is -2.18. The molecule has 180 valence electrons. The number of nitrogen functional groups attached to an aromatic ring is 2. The van der Waals surface area contributed by atoms with Gasteiger partial charge in [0.1, 0.15) is 18.5 Å². The van der Waals surface area contributed by atoms with E-state index < -0.39 is 12.0 Å². The van der Waals surface area contributed by atoms with Crippen molar-refractivity contribution in [1.29, 1.82) is 0 Å². The second-order valence-electron chi connectivity index (χ2n) is 7.09. The number of carbonyl (C=O) groups is 1. The summed E-state index contributed by atoms with van der Waals surface area (Å²) >= 11 is 5.80. The number of fused-ring (bicyclic) bond motifs is 1. The molecule has 9 nitrogen and oxygen atoms in total. The van der Waals surface area contributed by atoms with E-state index in [4.69, 9.17) is 27.8 Å². The molecule has 1 heterocycles. The number of hydrogen-bond acceptors (Lipinski definition) is 8. The molecule has 0 unspecified atom stereocenters. The topological polar surface area (TPSA) is 148 Å². The van der Waals surface area contributed by atoms with Crippen molar-refractivity contribution in [3.8, 4) is 5.75 Å². The molecule has 0 aliphatic carbocycles. The number of aromatic nitrogens is 2. The number of ether oxygens (including phenoxy) is 1. The summed E-state index contributed by atoms with van der Waals surface area (Å²) < 4.78 is 5.79. The molecular weight excluding hydrogens is 491 g/mol. The summed E-state index contributed by atoms with van der Waals surface area (Å²) in [7, 11) is 0. The van der Waals surface area contributed by atoms with Crippen LogP contribution in [0.4, 0.5) is 11.6 Å². The molecule has 0 saturated heterocycles. The molecule has 1 aromatic heterocycles. The first kappa shape index (κ1) is 28.5. The first-order valence-electron chi connectivity index (χ1n) is 9.74. The third-order valence-electron chi connectivity index (χ3n) is 4.57. The van der Waals surface area contributed by atoms with Crippen LogP contribution in [0, 0.1) is 0 Å². The minimum Gasteiger partial charge on any atom is -0.490 e. The fourth-order valence-corrected chi connectivity index (χ4v) is 3.04. The van der Waals surface area contributed by atoms with Crippen molar-refractivity contribution in [2.24, 2.45) is 0 Å². The summed E-state index contributed by atoms with van der Waals surface area (Å²) in [6, 6.07) is 13.6. The Bertz CT molecular complexity index is 1070. The highest BCUT2D eigenvalue weighted by Crippen LogP contribution is 2.25. The number of rotatable bonds is 9. The van der Waals surface area contributed by atoms with E-state index in [1.165, 1.54) is 0 Å². The predicted molar refractivity (Wildman–Crippen MR) is 136 cm³/mol. The number of aliphatic hydroxyl groups is 1. The molecular formula is C21H27Cl3N6O3. The zero-order valence-corrected chi connectivity index (χ0v) is 20.2. The number of amides is 1. The van der Waals surface area contributed by atoms with E-state index in [0.29, 0.717) is 0 Å². The van der Waals surface area contributed by atoms with Crippen molar-refractivity contribution in [3.63, 3.8) is 0 Å². The normalized spacial score (nSPS) is 12.2. The number of carbonyl (C=O) groups excluding carboxylic acids is 1. The van der Waals surface area contributed by atoms with Gasteiger partial charge in [-0.1, -0.05) is 48.0 Å². The summed E-state index contributed by atoms with van der Waals surface area (Å²) in [4.78, 5) is 19.9. The molecule has 33 heavy (non-hydrogen) atoms. The molecule has 3 rings (SSSR count). The van der Waals surface area contributed by atoms with Gasteiger partial charge in [-0.3, -0.25) is 4.79 Å². The predicted octanol–water partition coefficient (Wildman–Crippen LogP) is 2.44. The van der Waals surface area contributed by atoms with Crippen LogP contribution in [-0.4, -0.2) is 52.8 Å².